The number of amides is 2. The van der Waals surface area contributed by atoms with E-state index in [0.29, 0.717) is 5.75 Å². The zero-order chi connectivity index (χ0) is 25.3. The molecule has 2 atom stereocenters. The first-order valence-corrected chi connectivity index (χ1v) is 11.2. The average Bonchev–Trinajstić information content (AvgIpc) is 2.85. The van der Waals surface area contributed by atoms with Gasteiger partial charge in [-0.2, -0.15) is 13.2 Å². The number of nitrogens with one attached hydrogen (secondary N) is 1. The molecule has 0 aliphatic carbocycles. The minimum absolute atomic E-state index is 0.0359. The van der Waals surface area contributed by atoms with Crippen molar-refractivity contribution in [3.63, 3.8) is 0 Å². The second-order valence-corrected chi connectivity index (χ2v) is 8.67. The second kappa shape index (κ2) is 9.41. The molecule has 1 spiro atoms. The smallest absolute Gasteiger partial charge is 0.430 e. The fourth-order valence-electron chi connectivity index (χ4n) is 5.17. The van der Waals surface area contributed by atoms with Crippen LogP contribution in [0.5, 0.6) is 5.75 Å². The van der Waals surface area contributed by atoms with Gasteiger partial charge in [0.2, 0.25) is 0 Å². The summed E-state index contributed by atoms with van der Waals surface area (Å²) in [4.78, 5) is 26.8. The number of nitrogens with zero attached hydrogens (tertiary/aromatic N) is 1. The van der Waals surface area contributed by atoms with E-state index < -0.39 is 29.4 Å². The maximum absolute atomic E-state index is 14.4. The molecule has 0 radical (unpaired) electrons. The number of piperidine rings is 1. The zero-order valence-corrected chi connectivity index (χ0v) is 19.4. The molecule has 0 bridgehead atoms. The van der Waals surface area contributed by atoms with Crippen molar-refractivity contribution in [1.82, 2.24) is 10.2 Å². The number of benzene rings is 2. The monoisotopic (exact) mass is 492 g/mol. The lowest BCUT2D eigenvalue weighted by Gasteiger charge is -2.49. The van der Waals surface area contributed by atoms with Crippen molar-refractivity contribution in [2.24, 2.45) is 0 Å². The van der Waals surface area contributed by atoms with Crippen LogP contribution in [0.25, 0.3) is 0 Å². The molecular formula is C25H27F3N2O5. The first-order chi connectivity index (χ1) is 16.7. The van der Waals surface area contributed by atoms with E-state index in [2.05, 4.69) is 5.32 Å². The van der Waals surface area contributed by atoms with Crippen molar-refractivity contribution in [3.05, 3.63) is 65.7 Å². The fraction of sp³-hybridized carbons (Fsp3) is 0.440. The Morgan fingerprint density at radius 1 is 1.06 bits per heavy atom. The van der Waals surface area contributed by atoms with Crippen LogP contribution in [-0.4, -0.2) is 62.5 Å². The van der Waals surface area contributed by atoms with Gasteiger partial charge >= 0.3 is 12.3 Å². The number of carbonyl (C=O) groups excluding carboxylic acids is 2. The molecule has 10 heteroatoms. The number of hydrogen-bond acceptors (Lipinski definition) is 5. The number of halogens is 3. The van der Waals surface area contributed by atoms with Gasteiger partial charge in [-0.3, -0.25) is 4.79 Å². The van der Waals surface area contributed by atoms with E-state index in [0.717, 1.165) is 17.6 Å². The third-order valence-electron chi connectivity index (χ3n) is 6.98. The molecule has 7 nitrogen and oxygen atoms in total. The van der Waals surface area contributed by atoms with Crippen LogP contribution in [-0.2, 0) is 19.9 Å². The largest absolute Gasteiger partial charge is 0.496 e. The standard InChI is InChI=1S/C25H27F3N2O5/c1-33-20-11-7-6-10-18(20)19-16-29-22(32)35-23(19)12-14-30(15-13-23)21(31)24(34-2,25(26,27)28)17-8-4-3-5-9-17/h3-11,19H,12-16H2,1-2H3,(H,29,32)/t19-,24+/m0/s1. The minimum atomic E-state index is -4.99. The van der Waals surface area contributed by atoms with Gasteiger partial charge in [-0.15, -0.1) is 0 Å². The van der Waals surface area contributed by atoms with Crippen LogP contribution in [0.1, 0.15) is 29.9 Å². The van der Waals surface area contributed by atoms with Gasteiger partial charge in [0.05, 0.1) is 7.11 Å². The summed E-state index contributed by atoms with van der Waals surface area (Å²) in [5.74, 6) is -0.880. The number of alkyl carbamates (subject to hydrolysis) is 1. The molecule has 2 aliphatic heterocycles. The van der Waals surface area contributed by atoms with Crippen LogP contribution in [0, 0.1) is 0 Å². The fourth-order valence-corrected chi connectivity index (χ4v) is 5.17. The lowest BCUT2D eigenvalue weighted by molar-refractivity contribution is -0.271. The zero-order valence-electron chi connectivity index (χ0n) is 19.4. The molecule has 2 heterocycles. The molecule has 4 rings (SSSR count). The van der Waals surface area contributed by atoms with E-state index in [1.807, 2.05) is 18.2 Å². The maximum Gasteiger partial charge on any atom is 0.430 e. The number of ether oxygens (including phenoxy) is 3. The van der Waals surface area contributed by atoms with Crippen LogP contribution in [0.4, 0.5) is 18.0 Å². The van der Waals surface area contributed by atoms with Gasteiger partial charge in [0.1, 0.15) is 11.4 Å². The average molecular weight is 492 g/mol. The molecule has 2 aliphatic rings. The lowest BCUT2D eigenvalue weighted by Crippen LogP contribution is -2.62. The number of carbonyl (C=O) groups is 2. The summed E-state index contributed by atoms with van der Waals surface area (Å²) in [5, 5.41) is 2.70. The molecule has 0 unspecified atom stereocenters. The van der Waals surface area contributed by atoms with E-state index in [4.69, 9.17) is 14.2 Å². The second-order valence-electron chi connectivity index (χ2n) is 8.67. The minimum Gasteiger partial charge on any atom is -0.496 e. The summed E-state index contributed by atoms with van der Waals surface area (Å²) >= 11 is 0. The number of likely N-dealkylation sites (tertiary alicyclic amines) is 1. The Morgan fingerprint density at radius 3 is 2.29 bits per heavy atom. The Bertz CT molecular complexity index is 1070. The van der Waals surface area contributed by atoms with E-state index >= 15 is 0 Å². The van der Waals surface area contributed by atoms with E-state index in [9.17, 15) is 22.8 Å². The van der Waals surface area contributed by atoms with Crippen molar-refractivity contribution in [2.45, 2.75) is 36.1 Å². The third-order valence-corrected chi connectivity index (χ3v) is 6.98. The highest BCUT2D eigenvalue weighted by Crippen LogP contribution is 2.47. The van der Waals surface area contributed by atoms with E-state index in [-0.39, 0.29) is 44.0 Å². The van der Waals surface area contributed by atoms with Gasteiger partial charge in [0.25, 0.3) is 11.5 Å². The Hall–Kier alpha value is -3.27. The highest BCUT2D eigenvalue weighted by atomic mass is 19.4. The molecule has 188 valence electrons. The van der Waals surface area contributed by atoms with Crippen molar-refractivity contribution in [3.8, 4) is 5.75 Å². The number of para-hydroxylation sites is 1. The predicted molar refractivity (Wildman–Crippen MR) is 120 cm³/mol. The van der Waals surface area contributed by atoms with Gasteiger partial charge in [-0.1, -0.05) is 48.5 Å². The van der Waals surface area contributed by atoms with Gasteiger partial charge < -0.3 is 24.4 Å². The van der Waals surface area contributed by atoms with E-state index in [1.165, 1.54) is 24.3 Å². The van der Waals surface area contributed by atoms with Crippen molar-refractivity contribution >= 4 is 12.0 Å². The third kappa shape index (κ3) is 4.20. The Morgan fingerprint density at radius 2 is 1.69 bits per heavy atom. The molecule has 0 aromatic heterocycles. The summed E-state index contributed by atoms with van der Waals surface area (Å²) in [5.41, 5.74) is -3.60. The highest BCUT2D eigenvalue weighted by Gasteiger charge is 2.64. The lowest BCUT2D eigenvalue weighted by atomic mass is 9.74. The molecule has 2 fully saturated rings. The van der Waals surface area contributed by atoms with Crippen LogP contribution in [0.2, 0.25) is 0 Å². The first-order valence-electron chi connectivity index (χ1n) is 11.2. The summed E-state index contributed by atoms with van der Waals surface area (Å²) in [6, 6.07) is 14.2. The number of hydrogen-bond donors (Lipinski definition) is 1. The molecule has 1 N–H and O–H groups in total. The number of rotatable bonds is 5. The van der Waals surface area contributed by atoms with Crippen LogP contribution >= 0.6 is 0 Å². The predicted octanol–water partition coefficient (Wildman–Crippen LogP) is 3.98. The number of methoxy groups -OCH3 is 2. The van der Waals surface area contributed by atoms with Crippen LogP contribution in [0.3, 0.4) is 0 Å². The number of alkyl halides is 3. The summed E-state index contributed by atoms with van der Waals surface area (Å²) in [6.07, 6.45) is -5.25. The summed E-state index contributed by atoms with van der Waals surface area (Å²) < 4.78 is 59.3. The van der Waals surface area contributed by atoms with Gasteiger partial charge in [0.15, 0.2) is 0 Å². The quantitative estimate of drug-likeness (QED) is 0.683. The molecule has 2 amide bonds. The molecule has 0 saturated carbocycles. The van der Waals surface area contributed by atoms with Crippen molar-refractivity contribution in [1.29, 1.82) is 0 Å². The summed E-state index contributed by atoms with van der Waals surface area (Å²) in [6.45, 7) is 0.208. The molecule has 2 aromatic carbocycles. The van der Waals surface area contributed by atoms with E-state index in [1.54, 1.807) is 19.2 Å². The molecule has 2 aromatic rings. The highest BCUT2D eigenvalue weighted by molar-refractivity contribution is 5.88. The Balaban J connectivity index is 1.64. The van der Waals surface area contributed by atoms with Gasteiger partial charge in [-0.05, 0) is 6.07 Å². The topological polar surface area (TPSA) is 77.1 Å². The van der Waals surface area contributed by atoms with Gasteiger partial charge in [0, 0.05) is 56.6 Å². The SMILES string of the molecule is COc1ccccc1[C@@H]1CNC(=O)OC12CCN(C(=O)[C@](OC)(c1ccccc1)C(F)(F)F)CC2. The van der Waals surface area contributed by atoms with Crippen molar-refractivity contribution < 1.29 is 37.0 Å². The van der Waals surface area contributed by atoms with Crippen molar-refractivity contribution in [2.75, 3.05) is 33.9 Å². The molecule has 2 saturated heterocycles. The maximum atomic E-state index is 14.4. The van der Waals surface area contributed by atoms with Crippen LogP contribution < -0.4 is 10.1 Å². The summed E-state index contributed by atoms with van der Waals surface area (Å²) in [7, 11) is 2.43. The normalized spacial score (nSPS) is 21.6. The molecular weight excluding hydrogens is 465 g/mol. The first kappa shape index (κ1) is 24.8. The van der Waals surface area contributed by atoms with Gasteiger partial charge in [-0.25, -0.2) is 4.79 Å². The van der Waals surface area contributed by atoms with Crippen LogP contribution in [0.15, 0.2) is 54.6 Å². The molecule has 35 heavy (non-hydrogen) atoms. The Kier molecular flexibility index (Phi) is 6.68. The Labute approximate surface area is 201 Å².